The van der Waals surface area contributed by atoms with Gasteiger partial charge >= 0.3 is 0 Å². The van der Waals surface area contributed by atoms with Gasteiger partial charge in [0.2, 0.25) is 5.91 Å². The molecule has 7 heteroatoms. The smallest absolute Gasteiger partial charge is 0.262 e. The van der Waals surface area contributed by atoms with Crippen molar-refractivity contribution in [3.8, 4) is 0 Å². The zero-order valence-corrected chi connectivity index (χ0v) is 11.0. The van der Waals surface area contributed by atoms with Crippen molar-refractivity contribution in [1.82, 2.24) is 0 Å². The number of amides is 1. The van der Waals surface area contributed by atoms with Gasteiger partial charge in [0.15, 0.2) is 0 Å². The number of carbonyl (C=O) groups is 1. The van der Waals surface area contributed by atoms with E-state index in [1.165, 1.54) is 18.2 Å². The number of carbonyl (C=O) groups excluding carboxylic acids is 1. The van der Waals surface area contributed by atoms with Crippen LogP contribution in [0.2, 0.25) is 5.02 Å². The second-order valence-electron chi connectivity index (χ2n) is 3.70. The topological polar surface area (TPSA) is 54.5 Å². The van der Waals surface area contributed by atoms with Crippen molar-refractivity contribution in [2.45, 2.75) is 17.7 Å². The fourth-order valence-electron chi connectivity index (χ4n) is 1.78. The second kappa shape index (κ2) is 4.48. The van der Waals surface area contributed by atoms with Crippen molar-refractivity contribution >= 4 is 42.9 Å². The van der Waals surface area contributed by atoms with Crippen LogP contribution in [0, 0.1) is 0 Å². The third-order valence-corrected chi connectivity index (χ3v) is 4.37. The minimum absolute atomic E-state index is 0.0162. The molecule has 1 aromatic rings. The summed E-state index contributed by atoms with van der Waals surface area (Å²) in [4.78, 5) is 12.9. The van der Waals surface area contributed by atoms with Crippen LogP contribution in [-0.4, -0.2) is 20.9 Å². The molecule has 1 heterocycles. The summed E-state index contributed by atoms with van der Waals surface area (Å²) < 4.78 is 22.3. The average molecular weight is 294 g/mol. The lowest BCUT2D eigenvalue weighted by Crippen LogP contribution is -2.23. The Labute approximate surface area is 109 Å². The van der Waals surface area contributed by atoms with Crippen molar-refractivity contribution in [3.63, 3.8) is 0 Å². The van der Waals surface area contributed by atoms with Gasteiger partial charge in [0.1, 0.15) is 4.90 Å². The van der Waals surface area contributed by atoms with Gasteiger partial charge in [-0.25, -0.2) is 8.42 Å². The molecule has 2 rings (SSSR count). The van der Waals surface area contributed by atoms with Gasteiger partial charge in [0.05, 0.1) is 5.02 Å². The Morgan fingerprint density at radius 2 is 2.00 bits per heavy atom. The van der Waals surface area contributed by atoms with Crippen LogP contribution in [0.15, 0.2) is 23.1 Å². The predicted molar refractivity (Wildman–Crippen MR) is 66.1 cm³/mol. The molecule has 17 heavy (non-hydrogen) atoms. The molecule has 1 aliphatic heterocycles. The molecular formula is C10H9Cl2NO3S. The molecule has 1 aromatic carbocycles. The molecule has 1 amide bonds. The number of halogens is 2. The number of rotatable bonds is 2. The summed E-state index contributed by atoms with van der Waals surface area (Å²) in [5, 5.41) is 0.0252. The standard InChI is InChI=1S/C10H9Cl2NO3S/c11-8-6-7(13-5-1-2-10(13)14)3-4-9(8)17(12,15)16/h3-4,6H,1-2,5H2. The van der Waals surface area contributed by atoms with Gasteiger partial charge < -0.3 is 4.90 Å². The SMILES string of the molecule is O=C1CCCN1c1ccc(S(=O)(=O)Cl)c(Cl)c1. The largest absolute Gasteiger partial charge is 0.312 e. The summed E-state index contributed by atoms with van der Waals surface area (Å²) in [5.41, 5.74) is 0.599. The quantitative estimate of drug-likeness (QED) is 0.787. The first-order valence-corrected chi connectivity index (χ1v) is 7.63. The van der Waals surface area contributed by atoms with Crippen molar-refractivity contribution in [2.75, 3.05) is 11.4 Å². The molecule has 0 atom stereocenters. The molecule has 0 bridgehead atoms. The highest BCUT2D eigenvalue weighted by Gasteiger charge is 2.23. The van der Waals surface area contributed by atoms with E-state index in [1.807, 2.05) is 0 Å². The molecule has 0 aromatic heterocycles. The Kier molecular flexibility index (Phi) is 3.34. The molecular weight excluding hydrogens is 285 g/mol. The fourth-order valence-corrected chi connectivity index (χ4v) is 3.30. The minimum Gasteiger partial charge on any atom is -0.312 e. The lowest BCUT2D eigenvalue weighted by molar-refractivity contribution is -0.117. The van der Waals surface area contributed by atoms with Gasteiger partial charge in [0.25, 0.3) is 9.05 Å². The van der Waals surface area contributed by atoms with Crippen LogP contribution in [-0.2, 0) is 13.8 Å². The zero-order chi connectivity index (χ0) is 12.6. The van der Waals surface area contributed by atoms with E-state index in [-0.39, 0.29) is 15.8 Å². The van der Waals surface area contributed by atoms with E-state index in [0.29, 0.717) is 18.7 Å². The molecule has 0 radical (unpaired) electrons. The summed E-state index contributed by atoms with van der Waals surface area (Å²) in [6.07, 6.45) is 1.30. The molecule has 0 spiro atoms. The number of benzene rings is 1. The fraction of sp³-hybridized carbons (Fsp3) is 0.300. The lowest BCUT2D eigenvalue weighted by Gasteiger charge is -2.16. The number of anilines is 1. The van der Waals surface area contributed by atoms with E-state index in [1.54, 1.807) is 4.90 Å². The molecule has 0 unspecified atom stereocenters. The van der Waals surface area contributed by atoms with Crippen molar-refractivity contribution in [1.29, 1.82) is 0 Å². The second-order valence-corrected chi connectivity index (χ2v) is 6.64. The van der Waals surface area contributed by atoms with Gasteiger partial charge in [-0.1, -0.05) is 11.6 Å². The van der Waals surface area contributed by atoms with Crippen LogP contribution in [0.4, 0.5) is 5.69 Å². The normalized spacial score (nSPS) is 16.6. The first kappa shape index (κ1) is 12.7. The Bertz CT molecular complexity index is 571. The summed E-state index contributed by atoms with van der Waals surface area (Å²) in [7, 11) is 1.36. The van der Waals surface area contributed by atoms with E-state index in [0.717, 1.165) is 6.42 Å². The maximum atomic E-state index is 11.5. The summed E-state index contributed by atoms with van der Waals surface area (Å²) in [5.74, 6) is 0.0162. The maximum absolute atomic E-state index is 11.5. The number of hydrogen-bond donors (Lipinski definition) is 0. The zero-order valence-electron chi connectivity index (χ0n) is 8.69. The highest BCUT2D eigenvalue weighted by atomic mass is 35.7. The summed E-state index contributed by atoms with van der Waals surface area (Å²) in [6.45, 7) is 0.627. The number of nitrogens with zero attached hydrogens (tertiary/aromatic N) is 1. The van der Waals surface area contributed by atoms with Gasteiger partial charge in [-0.05, 0) is 24.6 Å². The van der Waals surface area contributed by atoms with E-state index in [2.05, 4.69) is 0 Å². The van der Waals surface area contributed by atoms with E-state index < -0.39 is 9.05 Å². The molecule has 92 valence electrons. The van der Waals surface area contributed by atoms with Gasteiger partial charge in [0, 0.05) is 29.3 Å². The third-order valence-electron chi connectivity index (χ3n) is 2.56. The Morgan fingerprint density at radius 3 is 2.47 bits per heavy atom. The van der Waals surface area contributed by atoms with Crippen LogP contribution in [0.25, 0.3) is 0 Å². The first-order chi connectivity index (χ1) is 7.89. The van der Waals surface area contributed by atoms with E-state index >= 15 is 0 Å². The van der Waals surface area contributed by atoms with Crippen LogP contribution >= 0.6 is 22.3 Å². The number of hydrogen-bond acceptors (Lipinski definition) is 3. The monoisotopic (exact) mass is 293 g/mol. The molecule has 1 saturated heterocycles. The van der Waals surface area contributed by atoms with Crippen LogP contribution < -0.4 is 4.90 Å². The van der Waals surface area contributed by atoms with Crippen LogP contribution in [0.1, 0.15) is 12.8 Å². The van der Waals surface area contributed by atoms with Crippen LogP contribution in [0.3, 0.4) is 0 Å². The van der Waals surface area contributed by atoms with Crippen LogP contribution in [0.5, 0.6) is 0 Å². The molecule has 0 aliphatic carbocycles. The summed E-state index contributed by atoms with van der Waals surface area (Å²) in [6, 6.07) is 4.29. The molecule has 0 saturated carbocycles. The molecule has 4 nitrogen and oxygen atoms in total. The molecule has 1 aliphatic rings. The van der Waals surface area contributed by atoms with E-state index in [4.69, 9.17) is 22.3 Å². The molecule has 0 N–H and O–H groups in total. The Balaban J connectivity index is 2.41. The van der Waals surface area contributed by atoms with E-state index in [9.17, 15) is 13.2 Å². The predicted octanol–water partition coefficient (Wildman–Crippen LogP) is 2.39. The van der Waals surface area contributed by atoms with Gasteiger partial charge in [-0.2, -0.15) is 0 Å². The van der Waals surface area contributed by atoms with Gasteiger partial charge in [-0.3, -0.25) is 4.79 Å². The first-order valence-electron chi connectivity index (χ1n) is 4.94. The van der Waals surface area contributed by atoms with Crippen molar-refractivity contribution in [2.24, 2.45) is 0 Å². The maximum Gasteiger partial charge on any atom is 0.262 e. The van der Waals surface area contributed by atoms with Crippen molar-refractivity contribution < 1.29 is 13.2 Å². The minimum atomic E-state index is -3.85. The van der Waals surface area contributed by atoms with Gasteiger partial charge in [-0.15, -0.1) is 0 Å². The highest BCUT2D eigenvalue weighted by Crippen LogP contribution is 2.30. The summed E-state index contributed by atoms with van der Waals surface area (Å²) >= 11 is 5.84. The highest BCUT2D eigenvalue weighted by molar-refractivity contribution is 8.13. The Hall–Kier alpha value is -0.780. The average Bonchev–Trinajstić information content (AvgIpc) is 2.62. The lowest BCUT2D eigenvalue weighted by atomic mass is 10.3. The molecule has 1 fully saturated rings. The van der Waals surface area contributed by atoms with Crippen molar-refractivity contribution in [3.05, 3.63) is 23.2 Å². The third kappa shape index (κ3) is 2.56. The Morgan fingerprint density at radius 1 is 1.29 bits per heavy atom.